The van der Waals surface area contributed by atoms with Crippen molar-refractivity contribution in [3.8, 4) is 5.13 Å². The molecule has 0 amide bonds. The van der Waals surface area contributed by atoms with Crippen LogP contribution in [0.25, 0.3) is 16.0 Å². The minimum Gasteiger partial charge on any atom is -0.273 e. The van der Waals surface area contributed by atoms with Crippen LogP contribution in [-0.4, -0.2) is 28.7 Å². The molecule has 8 heteroatoms. The molecule has 1 saturated carbocycles. The largest absolute Gasteiger partial charge is 0.273 e. The molecule has 154 valence electrons. The van der Waals surface area contributed by atoms with Crippen molar-refractivity contribution in [2.24, 2.45) is 0 Å². The number of sulfonamides is 1. The van der Waals surface area contributed by atoms with Crippen molar-refractivity contribution in [2.75, 3.05) is 0 Å². The summed E-state index contributed by atoms with van der Waals surface area (Å²) in [6.07, 6.45) is 2.20. The van der Waals surface area contributed by atoms with Crippen molar-refractivity contribution >= 4 is 32.3 Å². The highest BCUT2D eigenvalue weighted by molar-refractivity contribution is 7.89. The highest BCUT2D eigenvalue weighted by Gasteiger charge is 2.43. The Balaban J connectivity index is 1.80. The van der Waals surface area contributed by atoms with E-state index in [2.05, 4.69) is 14.9 Å². The van der Waals surface area contributed by atoms with Gasteiger partial charge in [-0.05, 0) is 38.3 Å². The van der Waals surface area contributed by atoms with Gasteiger partial charge in [-0.1, -0.05) is 59.9 Å². The Morgan fingerprint density at radius 2 is 1.77 bits per heavy atom. The highest BCUT2D eigenvalue weighted by Crippen LogP contribution is 2.39. The lowest BCUT2D eigenvalue weighted by atomic mass is 10.0. The lowest BCUT2D eigenvalue weighted by Crippen LogP contribution is -2.35. The Morgan fingerprint density at radius 3 is 2.43 bits per heavy atom. The molecule has 2 aromatic heterocycles. The molecule has 1 aliphatic rings. The van der Waals surface area contributed by atoms with E-state index < -0.39 is 10.0 Å². The minimum atomic E-state index is -3.79. The van der Waals surface area contributed by atoms with Crippen molar-refractivity contribution < 1.29 is 8.42 Å². The fraction of sp³-hybridized carbons (Fsp3) is 0.273. The van der Waals surface area contributed by atoms with Crippen LogP contribution in [0.15, 0.2) is 59.6 Å². The van der Waals surface area contributed by atoms with Gasteiger partial charge in [0.1, 0.15) is 5.01 Å². The van der Waals surface area contributed by atoms with Crippen molar-refractivity contribution in [1.29, 1.82) is 0 Å². The molecule has 0 radical (unpaired) electrons. The molecule has 30 heavy (non-hydrogen) atoms. The molecule has 2 aromatic carbocycles. The summed E-state index contributed by atoms with van der Waals surface area (Å²) in [6, 6.07) is 17.7. The van der Waals surface area contributed by atoms with Crippen LogP contribution in [0.4, 0.5) is 0 Å². The van der Waals surface area contributed by atoms with E-state index in [4.69, 9.17) is 0 Å². The zero-order valence-corrected chi connectivity index (χ0v) is 18.4. The summed E-state index contributed by atoms with van der Waals surface area (Å²) >= 11 is 1.39. The minimum absolute atomic E-state index is 0.261. The molecule has 6 nitrogen and oxygen atoms in total. The normalized spacial score (nSPS) is 15.5. The number of benzene rings is 2. The summed E-state index contributed by atoms with van der Waals surface area (Å²) in [5.41, 5.74) is 2.28. The van der Waals surface area contributed by atoms with E-state index in [1.165, 1.54) is 11.3 Å². The lowest BCUT2D eigenvalue weighted by Gasteiger charge is -2.15. The molecule has 1 fully saturated rings. The Bertz CT molecular complexity index is 1340. The number of para-hydroxylation sites is 1. The Hall–Kier alpha value is -2.55. The van der Waals surface area contributed by atoms with Gasteiger partial charge in [0.05, 0.1) is 5.52 Å². The number of aromatic nitrogens is 3. The fourth-order valence-electron chi connectivity index (χ4n) is 3.77. The van der Waals surface area contributed by atoms with Gasteiger partial charge in [0.25, 0.3) is 10.0 Å². The maximum atomic E-state index is 13.7. The van der Waals surface area contributed by atoms with Crippen LogP contribution in [0, 0.1) is 6.92 Å². The van der Waals surface area contributed by atoms with E-state index >= 15 is 0 Å². The molecule has 0 bridgehead atoms. The molecule has 0 atom stereocenters. The maximum absolute atomic E-state index is 13.7. The first-order valence-electron chi connectivity index (χ1n) is 9.87. The van der Waals surface area contributed by atoms with Crippen molar-refractivity contribution in [3.05, 3.63) is 70.7 Å². The molecular weight excluding hydrogens is 416 g/mol. The second-order valence-electron chi connectivity index (χ2n) is 8.07. The van der Waals surface area contributed by atoms with Crippen LogP contribution >= 0.6 is 11.3 Å². The second-order valence-corrected chi connectivity index (χ2v) is 10.8. The molecule has 0 aliphatic heterocycles. The van der Waals surface area contributed by atoms with Gasteiger partial charge >= 0.3 is 0 Å². The first-order chi connectivity index (χ1) is 14.4. The smallest absolute Gasteiger partial charge is 0.257 e. The number of nitrogens with zero attached hydrogens (tertiary/aromatic N) is 3. The van der Waals surface area contributed by atoms with Crippen LogP contribution < -0.4 is 4.72 Å². The van der Waals surface area contributed by atoms with E-state index in [0.717, 1.165) is 39.9 Å². The summed E-state index contributed by atoms with van der Waals surface area (Å²) in [7, 11) is -3.79. The molecule has 4 aromatic rings. The number of hydrogen-bond donors (Lipinski definition) is 1. The van der Waals surface area contributed by atoms with Gasteiger partial charge in [0.2, 0.25) is 5.13 Å². The van der Waals surface area contributed by atoms with Gasteiger partial charge in [-0.2, -0.15) is 0 Å². The van der Waals surface area contributed by atoms with Gasteiger partial charge in [-0.15, -0.1) is 10.2 Å². The molecule has 0 spiro atoms. The molecule has 2 heterocycles. The van der Waals surface area contributed by atoms with Gasteiger partial charge in [-0.25, -0.2) is 13.1 Å². The van der Waals surface area contributed by atoms with Gasteiger partial charge in [-0.3, -0.25) is 4.57 Å². The molecule has 1 aliphatic carbocycles. The van der Waals surface area contributed by atoms with Crippen molar-refractivity contribution in [2.45, 2.75) is 43.7 Å². The predicted molar refractivity (Wildman–Crippen MR) is 119 cm³/mol. The lowest BCUT2D eigenvalue weighted by molar-refractivity contribution is 0.551. The summed E-state index contributed by atoms with van der Waals surface area (Å²) in [5.74, 6) is 0. The summed E-state index contributed by atoms with van der Waals surface area (Å²) < 4.78 is 32.1. The molecule has 0 saturated heterocycles. The van der Waals surface area contributed by atoms with E-state index in [9.17, 15) is 8.42 Å². The Morgan fingerprint density at radius 1 is 1.07 bits per heavy atom. The topological polar surface area (TPSA) is 76.9 Å². The van der Waals surface area contributed by atoms with Crippen LogP contribution in [-0.2, 0) is 16.4 Å². The third kappa shape index (κ3) is 3.45. The Kier molecular flexibility index (Phi) is 4.53. The van der Waals surface area contributed by atoms with Crippen molar-refractivity contribution in [1.82, 2.24) is 19.5 Å². The molecule has 0 unspecified atom stereocenters. The van der Waals surface area contributed by atoms with Gasteiger partial charge in [0, 0.05) is 22.9 Å². The monoisotopic (exact) mass is 438 g/mol. The number of aryl methyl sites for hydroxylation is 1. The zero-order chi connectivity index (χ0) is 20.9. The van der Waals surface area contributed by atoms with Crippen LogP contribution in [0.5, 0.6) is 0 Å². The average molecular weight is 439 g/mol. The first-order valence-corrected chi connectivity index (χ1v) is 12.2. The number of hydrogen-bond acceptors (Lipinski definition) is 5. The van der Waals surface area contributed by atoms with Crippen LogP contribution in [0.1, 0.15) is 35.9 Å². The Labute approximate surface area is 179 Å². The van der Waals surface area contributed by atoms with Crippen LogP contribution in [0.3, 0.4) is 0 Å². The summed E-state index contributed by atoms with van der Waals surface area (Å²) in [5, 5.41) is 10.9. The van der Waals surface area contributed by atoms with Crippen molar-refractivity contribution in [3.63, 3.8) is 0 Å². The highest BCUT2D eigenvalue weighted by atomic mass is 32.2. The third-order valence-corrected chi connectivity index (χ3v) is 8.02. The third-order valence-electron chi connectivity index (χ3n) is 5.50. The second kappa shape index (κ2) is 7.01. The molecule has 5 rings (SSSR count). The summed E-state index contributed by atoms with van der Waals surface area (Å²) in [4.78, 5) is 0. The standard InChI is InChI=1S/C22H22N4O2S2/c1-15-23-24-21(29-15)26-19-11-7-6-10-17(19)18(14-16-8-4-3-5-9-16)20(26)30(27,28)25-22(2)12-13-22/h3-11,25H,12-14H2,1-2H3. The first kappa shape index (κ1) is 19.4. The van der Waals surface area contributed by atoms with Gasteiger partial charge in [0.15, 0.2) is 5.03 Å². The number of rotatable bonds is 6. The van der Waals surface area contributed by atoms with E-state index in [1.54, 1.807) is 4.57 Å². The van der Waals surface area contributed by atoms with Gasteiger partial charge < -0.3 is 0 Å². The zero-order valence-electron chi connectivity index (χ0n) is 16.8. The fourth-order valence-corrected chi connectivity index (χ4v) is 6.41. The van der Waals surface area contributed by atoms with E-state index in [1.807, 2.05) is 68.4 Å². The predicted octanol–water partition coefficient (Wildman–Crippen LogP) is 4.21. The molecule has 1 N–H and O–H groups in total. The SMILES string of the molecule is Cc1nnc(-n2c(S(=O)(=O)NC3(C)CC3)c(Cc3ccccc3)c3ccccc32)s1. The average Bonchev–Trinajstić information content (AvgIpc) is 3.13. The number of fused-ring (bicyclic) bond motifs is 1. The van der Waals surface area contributed by atoms with E-state index in [0.29, 0.717) is 11.6 Å². The van der Waals surface area contributed by atoms with Crippen LogP contribution in [0.2, 0.25) is 0 Å². The number of nitrogens with one attached hydrogen (secondary N) is 1. The molecular formula is C22H22N4O2S2. The summed E-state index contributed by atoms with van der Waals surface area (Å²) in [6.45, 7) is 3.82. The quantitative estimate of drug-likeness (QED) is 0.489. The maximum Gasteiger partial charge on any atom is 0.257 e. The van der Waals surface area contributed by atoms with E-state index in [-0.39, 0.29) is 10.6 Å².